The summed E-state index contributed by atoms with van der Waals surface area (Å²) in [7, 11) is 1.47. The fourth-order valence-corrected chi connectivity index (χ4v) is 3.04. The summed E-state index contributed by atoms with van der Waals surface area (Å²) in [6.07, 6.45) is -0.578. The number of rotatable bonds is 5. The number of amides is 1. The first-order chi connectivity index (χ1) is 13.0. The summed E-state index contributed by atoms with van der Waals surface area (Å²) >= 11 is 18.6. The number of aromatic nitrogens is 4. The zero-order chi connectivity index (χ0) is 19.4. The van der Waals surface area contributed by atoms with Crippen molar-refractivity contribution in [1.82, 2.24) is 25.5 Å². The lowest BCUT2D eigenvalue weighted by atomic mass is 10.1. The van der Waals surface area contributed by atoms with Crippen LogP contribution in [0.4, 0.5) is 4.79 Å². The molecule has 7 nitrogen and oxygen atoms in total. The molecule has 3 aromatic rings. The number of ether oxygens (including phenoxy) is 1. The molecule has 1 heterocycles. The summed E-state index contributed by atoms with van der Waals surface area (Å²) in [6, 6.07) is 11.7. The average molecular weight is 427 g/mol. The number of carbonyl (C=O) groups is 1. The molecule has 2 aromatic carbocycles. The van der Waals surface area contributed by atoms with E-state index < -0.39 is 12.1 Å². The molecular weight excluding hydrogens is 413 g/mol. The van der Waals surface area contributed by atoms with Crippen LogP contribution in [-0.4, -0.2) is 40.0 Å². The van der Waals surface area contributed by atoms with Crippen LogP contribution in [0.3, 0.4) is 0 Å². The van der Waals surface area contributed by atoms with Crippen molar-refractivity contribution in [2.45, 2.75) is 6.04 Å². The summed E-state index contributed by atoms with van der Waals surface area (Å²) in [5, 5.41) is 16.1. The molecule has 1 N–H and O–H groups in total. The fraction of sp³-hybridized carbons (Fsp3) is 0.176. The molecule has 27 heavy (non-hydrogen) atoms. The van der Waals surface area contributed by atoms with Gasteiger partial charge < -0.3 is 10.1 Å². The van der Waals surface area contributed by atoms with Crippen molar-refractivity contribution in [3.8, 4) is 11.4 Å². The molecule has 0 aliphatic heterocycles. The Bertz CT molecular complexity index is 963. The minimum Gasteiger partial charge on any atom is -0.447 e. The van der Waals surface area contributed by atoms with Crippen LogP contribution >= 0.6 is 34.8 Å². The standard InChI is InChI=1S/C17H14Cl3N5O2/c1-21-17(26)27-9-14(10-5-2-3-7-12(10)18)25-23-16(22-24-25)11-6-4-8-13(19)15(11)20/h2-8,14H,9H2,1H3,(H,21,26). The van der Waals surface area contributed by atoms with E-state index >= 15 is 0 Å². The third-order valence-electron chi connectivity index (χ3n) is 3.74. The molecule has 1 unspecified atom stereocenters. The average Bonchev–Trinajstić information content (AvgIpc) is 3.15. The van der Waals surface area contributed by atoms with Gasteiger partial charge in [-0.25, -0.2) is 4.79 Å². The van der Waals surface area contributed by atoms with Gasteiger partial charge in [0.15, 0.2) is 0 Å². The van der Waals surface area contributed by atoms with E-state index in [1.807, 2.05) is 6.07 Å². The van der Waals surface area contributed by atoms with Crippen LogP contribution in [-0.2, 0) is 4.74 Å². The second kappa shape index (κ2) is 8.56. The predicted octanol–water partition coefficient (Wildman–Crippen LogP) is 4.25. The van der Waals surface area contributed by atoms with Gasteiger partial charge in [0.05, 0.1) is 10.0 Å². The SMILES string of the molecule is CNC(=O)OCC(c1ccccc1Cl)n1nnc(-c2cccc(Cl)c2Cl)n1. The first-order valence-electron chi connectivity index (χ1n) is 7.84. The van der Waals surface area contributed by atoms with E-state index in [9.17, 15) is 4.79 Å². The third kappa shape index (κ3) is 4.32. The molecule has 140 valence electrons. The summed E-state index contributed by atoms with van der Waals surface area (Å²) in [4.78, 5) is 12.8. The van der Waals surface area contributed by atoms with Crippen molar-refractivity contribution >= 4 is 40.9 Å². The molecule has 0 aliphatic carbocycles. The van der Waals surface area contributed by atoms with Gasteiger partial charge in [0.25, 0.3) is 0 Å². The summed E-state index contributed by atoms with van der Waals surface area (Å²) in [5.41, 5.74) is 1.23. The number of tetrazole rings is 1. The van der Waals surface area contributed by atoms with Crippen molar-refractivity contribution in [3.05, 3.63) is 63.1 Å². The summed E-state index contributed by atoms with van der Waals surface area (Å²) in [6.45, 7) is -0.0392. The van der Waals surface area contributed by atoms with Gasteiger partial charge in [0.1, 0.15) is 12.6 Å². The maximum Gasteiger partial charge on any atom is 0.406 e. The molecule has 1 aromatic heterocycles. The summed E-state index contributed by atoms with van der Waals surface area (Å²) < 4.78 is 5.19. The third-order valence-corrected chi connectivity index (χ3v) is 4.90. The number of halogens is 3. The lowest BCUT2D eigenvalue weighted by Gasteiger charge is -2.17. The highest BCUT2D eigenvalue weighted by atomic mass is 35.5. The Labute approximate surface area is 170 Å². The number of hydrogen-bond donors (Lipinski definition) is 1. The Kier molecular flexibility index (Phi) is 6.15. The Balaban J connectivity index is 1.98. The van der Waals surface area contributed by atoms with E-state index in [2.05, 4.69) is 20.7 Å². The van der Waals surface area contributed by atoms with Gasteiger partial charge in [-0.15, -0.1) is 10.2 Å². The first kappa shape index (κ1) is 19.4. The monoisotopic (exact) mass is 425 g/mol. The van der Waals surface area contributed by atoms with E-state index in [1.54, 1.807) is 36.4 Å². The Morgan fingerprint density at radius 2 is 1.89 bits per heavy atom. The number of nitrogens with one attached hydrogen (secondary N) is 1. The highest BCUT2D eigenvalue weighted by Gasteiger charge is 2.23. The molecule has 1 amide bonds. The van der Waals surface area contributed by atoms with E-state index in [0.717, 1.165) is 0 Å². The molecule has 1 atom stereocenters. The van der Waals surface area contributed by atoms with Crippen LogP contribution < -0.4 is 5.32 Å². The van der Waals surface area contributed by atoms with Gasteiger partial charge >= 0.3 is 6.09 Å². The predicted molar refractivity (Wildman–Crippen MR) is 103 cm³/mol. The normalized spacial score (nSPS) is 11.9. The number of benzene rings is 2. The Hall–Kier alpha value is -2.35. The number of carbonyl (C=O) groups excluding carboxylic acids is 1. The van der Waals surface area contributed by atoms with Crippen LogP contribution in [0, 0.1) is 0 Å². The van der Waals surface area contributed by atoms with E-state index in [1.165, 1.54) is 11.8 Å². The van der Waals surface area contributed by atoms with Gasteiger partial charge in [-0.2, -0.15) is 4.80 Å². The maximum absolute atomic E-state index is 11.5. The largest absolute Gasteiger partial charge is 0.447 e. The topological polar surface area (TPSA) is 81.9 Å². The summed E-state index contributed by atoms with van der Waals surface area (Å²) in [5.74, 6) is 0.291. The Morgan fingerprint density at radius 3 is 2.63 bits per heavy atom. The number of alkyl carbamates (subject to hydrolysis) is 1. The van der Waals surface area contributed by atoms with E-state index in [0.29, 0.717) is 32.0 Å². The van der Waals surface area contributed by atoms with Crippen molar-refractivity contribution in [1.29, 1.82) is 0 Å². The number of nitrogens with zero attached hydrogens (tertiary/aromatic N) is 4. The quantitative estimate of drug-likeness (QED) is 0.659. The van der Waals surface area contributed by atoms with Crippen molar-refractivity contribution in [3.63, 3.8) is 0 Å². The smallest absolute Gasteiger partial charge is 0.406 e. The van der Waals surface area contributed by atoms with Crippen molar-refractivity contribution in [2.75, 3.05) is 13.7 Å². The maximum atomic E-state index is 11.5. The highest BCUT2D eigenvalue weighted by Crippen LogP contribution is 2.32. The molecule has 3 rings (SSSR count). The molecule has 10 heteroatoms. The van der Waals surface area contributed by atoms with Crippen LogP contribution in [0.2, 0.25) is 15.1 Å². The molecule has 0 radical (unpaired) electrons. The van der Waals surface area contributed by atoms with Crippen LogP contribution in [0.15, 0.2) is 42.5 Å². The molecule has 0 saturated heterocycles. The highest BCUT2D eigenvalue weighted by molar-refractivity contribution is 6.43. The zero-order valence-electron chi connectivity index (χ0n) is 14.1. The van der Waals surface area contributed by atoms with Crippen LogP contribution in [0.1, 0.15) is 11.6 Å². The molecule has 0 fully saturated rings. The van der Waals surface area contributed by atoms with Gasteiger partial charge in [-0.1, -0.05) is 59.1 Å². The van der Waals surface area contributed by atoms with Crippen LogP contribution in [0.5, 0.6) is 0 Å². The van der Waals surface area contributed by atoms with Gasteiger partial charge in [-0.05, 0) is 23.4 Å². The first-order valence-corrected chi connectivity index (χ1v) is 8.97. The van der Waals surface area contributed by atoms with Gasteiger partial charge in [-0.3, -0.25) is 0 Å². The van der Waals surface area contributed by atoms with Gasteiger partial charge in [0, 0.05) is 23.2 Å². The van der Waals surface area contributed by atoms with Crippen LogP contribution in [0.25, 0.3) is 11.4 Å². The van der Waals surface area contributed by atoms with Gasteiger partial charge in [0.2, 0.25) is 5.82 Å². The lowest BCUT2D eigenvalue weighted by molar-refractivity contribution is 0.131. The van der Waals surface area contributed by atoms with Crippen molar-refractivity contribution < 1.29 is 9.53 Å². The second-order valence-corrected chi connectivity index (χ2v) is 6.61. The van der Waals surface area contributed by atoms with E-state index in [-0.39, 0.29) is 6.61 Å². The zero-order valence-corrected chi connectivity index (χ0v) is 16.3. The molecule has 0 saturated carbocycles. The number of hydrogen-bond acceptors (Lipinski definition) is 5. The Morgan fingerprint density at radius 1 is 1.15 bits per heavy atom. The molecule has 0 spiro atoms. The van der Waals surface area contributed by atoms with E-state index in [4.69, 9.17) is 39.5 Å². The lowest BCUT2D eigenvalue weighted by Crippen LogP contribution is -2.26. The molecular formula is C17H14Cl3N5O2. The van der Waals surface area contributed by atoms with Crippen molar-refractivity contribution in [2.24, 2.45) is 0 Å². The molecule has 0 bridgehead atoms. The second-order valence-electron chi connectivity index (χ2n) is 5.42. The minimum absolute atomic E-state index is 0.0392. The fourth-order valence-electron chi connectivity index (χ4n) is 2.39. The molecule has 0 aliphatic rings. The minimum atomic E-state index is -0.578.